The van der Waals surface area contributed by atoms with Crippen LogP contribution in [0.25, 0.3) is 10.9 Å². The molecule has 1 aromatic heterocycles. The first-order chi connectivity index (χ1) is 22.7. The molecule has 0 unspecified atom stereocenters. The molecule has 0 spiro atoms. The molecule has 47 heavy (non-hydrogen) atoms. The Kier molecular flexibility index (Phi) is 6.86. The van der Waals surface area contributed by atoms with Crippen LogP contribution in [-0.2, 0) is 37.6 Å². The molecule has 0 saturated carbocycles. The number of nitrogens with one attached hydrogen (secondary N) is 4. The van der Waals surface area contributed by atoms with E-state index in [2.05, 4.69) is 38.1 Å². The largest absolute Gasteiger partial charge is 0.363 e. The van der Waals surface area contributed by atoms with Crippen LogP contribution in [0.1, 0.15) is 43.4 Å². The molecule has 3 fully saturated rings. The van der Waals surface area contributed by atoms with Crippen LogP contribution in [0.4, 0.5) is 5.69 Å². The molecule has 8 rings (SSSR count). The second-order valence-corrected chi connectivity index (χ2v) is 13.7. The number of carbonyl (C=O) groups excluding carboxylic acids is 4. The summed E-state index contributed by atoms with van der Waals surface area (Å²) in [5.41, 5.74) is 3.95. The van der Waals surface area contributed by atoms with E-state index < -0.39 is 35.9 Å². The summed E-state index contributed by atoms with van der Waals surface area (Å²) in [6.07, 6.45) is 3.22. The lowest BCUT2D eigenvalue weighted by Crippen LogP contribution is -2.64. The van der Waals surface area contributed by atoms with Gasteiger partial charge in [0, 0.05) is 47.6 Å². The Balaban J connectivity index is 1.19. The van der Waals surface area contributed by atoms with Crippen molar-refractivity contribution >= 4 is 40.2 Å². The average Bonchev–Trinajstić information content (AvgIpc) is 3.70. The van der Waals surface area contributed by atoms with Crippen molar-refractivity contribution in [1.82, 2.24) is 25.4 Å². The highest BCUT2D eigenvalue weighted by Gasteiger charge is 2.64. The fraction of sp³-hybridized carbons (Fsp3) is 0.351. The minimum atomic E-state index is -0.797. The fourth-order valence-electron chi connectivity index (χ4n) is 8.27. The zero-order valence-electron chi connectivity index (χ0n) is 26.4. The number of hydrogen-bond acceptors (Lipinski definition) is 5. The van der Waals surface area contributed by atoms with E-state index in [9.17, 15) is 19.2 Å². The van der Waals surface area contributed by atoms with Crippen molar-refractivity contribution in [2.24, 2.45) is 5.92 Å². The zero-order valence-corrected chi connectivity index (χ0v) is 26.4. The lowest BCUT2D eigenvalue weighted by Gasteiger charge is -2.39. The normalized spacial score (nSPS) is 28.0. The molecule has 0 aliphatic carbocycles. The predicted molar refractivity (Wildman–Crippen MR) is 177 cm³/mol. The maximum Gasteiger partial charge on any atom is 0.247 e. The molecule has 4 aromatic rings. The lowest BCUT2D eigenvalue weighted by molar-refractivity contribution is -0.148. The van der Waals surface area contributed by atoms with Gasteiger partial charge in [0.25, 0.3) is 0 Å². The monoisotopic (exact) mass is 630 g/mol. The number of amides is 4. The van der Waals surface area contributed by atoms with Crippen molar-refractivity contribution in [3.63, 3.8) is 0 Å². The van der Waals surface area contributed by atoms with Crippen molar-refractivity contribution in [2.45, 2.75) is 75.4 Å². The second kappa shape index (κ2) is 11.0. The molecule has 0 bridgehead atoms. The summed E-state index contributed by atoms with van der Waals surface area (Å²) in [6.45, 7) is 4.05. The van der Waals surface area contributed by atoms with E-state index in [4.69, 9.17) is 0 Å². The van der Waals surface area contributed by atoms with Crippen molar-refractivity contribution in [2.75, 3.05) is 5.32 Å². The number of nitrogens with zero attached hydrogens (tertiary/aromatic N) is 2. The summed E-state index contributed by atoms with van der Waals surface area (Å²) in [5, 5.41) is 13.5. The number of anilines is 1. The molecule has 6 atom stereocenters. The van der Waals surface area contributed by atoms with Crippen molar-refractivity contribution < 1.29 is 19.2 Å². The first-order valence-electron chi connectivity index (χ1n) is 16.5. The van der Waals surface area contributed by atoms with Crippen LogP contribution in [-0.4, -0.2) is 63.4 Å². The van der Waals surface area contributed by atoms with Gasteiger partial charge in [0.15, 0.2) is 0 Å². The summed E-state index contributed by atoms with van der Waals surface area (Å²) in [5.74, 6) is -0.362. The van der Waals surface area contributed by atoms with Gasteiger partial charge in [-0.15, -0.1) is 0 Å². The summed E-state index contributed by atoms with van der Waals surface area (Å²) >= 11 is 0. The third-order valence-electron chi connectivity index (χ3n) is 10.3. The van der Waals surface area contributed by atoms with E-state index in [-0.39, 0.29) is 29.5 Å². The highest BCUT2D eigenvalue weighted by molar-refractivity contribution is 6.00. The number of aromatic nitrogens is 1. The third-order valence-corrected chi connectivity index (χ3v) is 10.3. The summed E-state index contributed by atoms with van der Waals surface area (Å²) in [7, 11) is 0. The van der Waals surface area contributed by atoms with Crippen molar-refractivity contribution in [3.05, 3.63) is 102 Å². The first kappa shape index (κ1) is 29.3. The van der Waals surface area contributed by atoms with E-state index >= 15 is 0 Å². The second-order valence-electron chi connectivity index (χ2n) is 13.7. The Hall–Kier alpha value is -5.12. The topological polar surface area (TPSA) is 125 Å². The summed E-state index contributed by atoms with van der Waals surface area (Å²) in [4.78, 5) is 56.1. The van der Waals surface area contributed by atoms with Crippen LogP contribution < -0.4 is 21.3 Å². The van der Waals surface area contributed by atoms with Gasteiger partial charge in [-0.3, -0.25) is 19.2 Å². The van der Waals surface area contributed by atoms with E-state index in [1.54, 1.807) is 4.90 Å². The molecule has 3 saturated heterocycles. The predicted octanol–water partition coefficient (Wildman–Crippen LogP) is 3.05. The standard InChI is InChI=1S/C37H38N6O4/c1-21(2)16-27-32(44)39-28(33(45)38-27)18-23-20-42(30-15-9-6-12-24(23)30)37-19-31-34(46)40-29(17-22-10-4-3-5-11-22)35(47)43(31)36(37)41-26-14-8-7-13-25(26)37/h3-15,20-21,27-29,31,36,41H,16-19H2,1-2H3,(H,38,45)(H,39,44)(H,40,46)/t27-,28+,29-,31+,36+,37-/m1/s1. The van der Waals surface area contributed by atoms with Gasteiger partial charge < -0.3 is 30.7 Å². The summed E-state index contributed by atoms with van der Waals surface area (Å²) < 4.78 is 2.20. The van der Waals surface area contributed by atoms with Gasteiger partial charge in [0.2, 0.25) is 23.6 Å². The number of piperazine rings is 2. The molecular weight excluding hydrogens is 592 g/mol. The van der Waals surface area contributed by atoms with Crippen LogP contribution in [0.15, 0.2) is 85.1 Å². The Morgan fingerprint density at radius 1 is 0.745 bits per heavy atom. The maximum atomic E-state index is 14.3. The van der Waals surface area contributed by atoms with Gasteiger partial charge >= 0.3 is 0 Å². The van der Waals surface area contributed by atoms with E-state index in [1.165, 1.54) is 0 Å². The molecule has 10 nitrogen and oxygen atoms in total. The third kappa shape index (κ3) is 4.60. The van der Waals surface area contributed by atoms with Gasteiger partial charge in [-0.25, -0.2) is 0 Å². The molecule has 3 aromatic carbocycles. The number of carbonyl (C=O) groups is 4. The minimum absolute atomic E-state index is 0.111. The van der Waals surface area contributed by atoms with Crippen LogP contribution in [0, 0.1) is 5.92 Å². The lowest BCUT2D eigenvalue weighted by atomic mass is 9.86. The molecule has 4 N–H and O–H groups in total. The van der Waals surface area contributed by atoms with Crippen LogP contribution in [0.5, 0.6) is 0 Å². The number of para-hydroxylation sites is 2. The van der Waals surface area contributed by atoms with Crippen molar-refractivity contribution in [3.8, 4) is 0 Å². The van der Waals surface area contributed by atoms with Gasteiger partial charge in [-0.1, -0.05) is 80.6 Å². The van der Waals surface area contributed by atoms with Crippen LogP contribution in [0.2, 0.25) is 0 Å². The minimum Gasteiger partial charge on any atom is -0.363 e. The number of rotatable bonds is 7. The SMILES string of the molecule is CC(C)C[C@H]1NC(=O)[C@H](Cc2cn([C@@]34C[C@H]5C(=O)N[C@H](Cc6ccccc6)C(=O)N5[C@@H]3Nc3ccccc34)c3ccccc23)NC1=O. The van der Waals surface area contributed by atoms with E-state index in [0.717, 1.165) is 33.3 Å². The first-order valence-corrected chi connectivity index (χ1v) is 16.5. The van der Waals surface area contributed by atoms with Gasteiger partial charge in [0.1, 0.15) is 35.9 Å². The molecule has 5 heterocycles. The van der Waals surface area contributed by atoms with Crippen molar-refractivity contribution in [1.29, 1.82) is 0 Å². The number of hydrogen-bond donors (Lipinski definition) is 4. The smallest absolute Gasteiger partial charge is 0.247 e. The average molecular weight is 631 g/mol. The number of fused-ring (bicyclic) bond motifs is 6. The molecule has 4 amide bonds. The highest BCUT2D eigenvalue weighted by Crippen LogP contribution is 2.54. The summed E-state index contributed by atoms with van der Waals surface area (Å²) in [6, 6.07) is 23.2. The molecule has 4 aliphatic rings. The van der Waals surface area contributed by atoms with Gasteiger partial charge in [-0.2, -0.15) is 0 Å². The molecule has 4 aliphatic heterocycles. The van der Waals surface area contributed by atoms with E-state index in [0.29, 0.717) is 25.7 Å². The Morgan fingerprint density at radius 2 is 1.43 bits per heavy atom. The van der Waals surface area contributed by atoms with E-state index in [1.807, 2.05) is 86.6 Å². The molecule has 0 radical (unpaired) electrons. The Labute approximate surface area is 272 Å². The van der Waals surface area contributed by atoms with Gasteiger partial charge in [-0.05, 0) is 35.6 Å². The quantitative estimate of drug-likeness (QED) is 0.250. The molecule has 10 heteroatoms. The van der Waals surface area contributed by atoms with Crippen LogP contribution in [0.3, 0.4) is 0 Å². The van der Waals surface area contributed by atoms with Gasteiger partial charge in [0.05, 0.1) is 0 Å². The Bertz CT molecular complexity index is 1920. The number of benzene rings is 3. The highest BCUT2D eigenvalue weighted by atomic mass is 16.2. The molecular formula is C37H38N6O4. The maximum absolute atomic E-state index is 14.3. The zero-order chi connectivity index (χ0) is 32.4. The molecule has 240 valence electrons. The fourth-order valence-corrected chi connectivity index (χ4v) is 8.27. The Morgan fingerprint density at radius 3 is 2.23 bits per heavy atom. The van der Waals surface area contributed by atoms with Crippen LogP contribution >= 0.6 is 0 Å².